The van der Waals surface area contributed by atoms with E-state index >= 15 is 0 Å². The third-order valence-corrected chi connectivity index (χ3v) is 3.32. The van der Waals surface area contributed by atoms with Crippen LogP contribution in [0.1, 0.15) is 65.2 Å². The van der Waals surface area contributed by atoms with Crippen LogP contribution in [0.25, 0.3) is 0 Å². The zero-order valence-corrected chi connectivity index (χ0v) is 11.8. The third-order valence-electron chi connectivity index (χ3n) is 2.44. The highest BCUT2D eigenvalue weighted by Gasteiger charge is 1.99. The maximum absolute atomic E-state index is 11.2. The van der Waals surface area contributed by atoms with Gasteiger partial charge in [-0.05, 0) is 12.8 Å². The van der Waals surface area contributed by atoms with E-state index in [4.69, 9.17) is 9.05 Å². The van der Waals surface area contributed by atoms with Gasteiger partial charge >= 0.3 is 8.25 Å². The van der Waals surface area contributed by atoms with E-state index in [9.17, 15) is 4.57 Å². The molecule has 0 aliphatic heterocycles. The highest BCUT2D eigenvalue weighted by Crippen LogP contribution is 2.24. The molecule has 0 saturated carbocycles. The molecule has 0 amide bonds. The van der Waals surface area contributed by atoms with Crippen LogP contribution in [0, 0.1) is 0 Å². The van der Waals surface area contributed by atoms with Crippen molar-refractivity contribution in [2.75, 3.05) is 13.2 Å². The van der Waals surface area contributed by atoms with Gasteiger partial charge in [-0.1, -0.05) is 52.4 Å². The Balaban J connectivity index is 3.12. The largest absolute Gasteiger partial charge is 0.319 e. The SMILES string of the molecule is CCCCCCO[PH](=O)OCCCCCC. The van der Waals surface area contributed by atoms with E-state index in [0.29, 0.717) is 13.2 Å². The van der Waals surface area contributed by atoms with Crippen LogP contribution < -0.4 is 0 Å². The Morgan fingerprint density at radius 2 is 1.19 bits per heavy atom. The molecule has 0 fully saturated rings. The second-order valence-corrected chi connectivity index (χ2v) is 5.15. The molecule has 4 heteroatoms. The summed E-state index contributed by atoms with van der Waals surface area (Å²) in [5.41, 5.74) is 0. The van der Waals surface area contributed by atoms with E-state index in [-0.39, 0.29) is 0 Å². The molecule has 0 aromatic heterocycles. The van der Waals surface area contributed by atoms with Gasteiger partial charge in [-0.15, -0.1) is 0 Å². The van der Waals surface area contributed by atoms with Gasteiger partial charge in [-0.2, -0.15) is 0 Å². The summed E-state index contributed by atoms with van der Waals surface area (Å²) in [6, 6.07) is 0. The predicted molar refractivity (Wildman–Crippen MR) is 69.2 cm³/mol. The van der Waals surface area contributed by atoms with Crippen molar-refractivity contribution in [3.63, 3.8) is 0 Å². The van der Waals surface area contributed by atoms with E-state index in [0.717, 1.165) is 25.7 Å². The predicted octanol–water partition coefficient (Wildman–Crippen LogP) is 4.57. The van der Waals surface area contributed by atoms with E-state index in [1.807, 2.05) is 0 Å². The maximum atomic E-state index is 11.2. The number of hydrogen-bond donors (Lipinski definition) is 0. The second kappa shape index (κ2) is 13.2. The lowest BCUT2D eigenvalue weighted by Crippen LogP contribution is -1.91. The maximum Gasteiger partial charge on any atom is 0.319 e. The molecule has 0 aliphatic carbocycles. The van der Waals surface area contributed by atoms with Gasteiger partial charge in [0, 0.05) is 0 Å². The zero-order valence-electron chi connectivity index (χ0n) is 10.8. The molecular formula is C12H27O3P. The van der Waals surface area contributed by atoms with E-state index in [1.54, 1.807) is 0 Å². The molecule has 0 bridgehead atoms. The van der Waals surface area contributed by atoms with Gasteiger partial charge in [-0.25, -0.2) is 0 Å². The summed E-state index contributed by atoms with van der Waals surface area (Å²) in [4.78, 5) is 0. The number of hydrogen-bond acceptors (Lipinski definition) is 3. The van der Waals surface area contributed by atoms with Crippen LogP contribution >= 0.6 is 8.25 Å². The lowest BCUT2D eigenvalue weighted by Gasteiger charge is -2.05. The van der Waals surface area contributed by atoms with Gasteiger partial charge in [0.15, 0.2) is 0 Å². The monoisotopic (exact) mass is 250 g/mol. The highest BCUT2D eigenvalue weighted by atomic mass is 31.1. The Bertz CT molecular complexity index is 146. The number of rotatable bonds is 12. The normalized spacial score (nSPS) is 11.2. The Kier molecular flexibility index (Phi) is 13.3. The Morgan fingerprint density at radius 3 is 1.56 bits per heavy atom. The Hall–Kier alpha value is 0.150. The van der Waals surface area contributed by atoms with Crippen LogP contribution in [-0.2, 0) is 13.6 Å². The van der Waals surface area contributed by atoms with Gasteiger partial charge in [0.05, 0.1) is 13.2 Å². The van der Waals surface area contributed by atoms with Crippen molar-refractivity contribution in [3.05, 3.63) is 0 Å². The molecule has 0 unspecified atom stereocenters. The van der Waals surface area contributed by atoms with Crippen LogP contribution in [0.4, 0.5) is 0 Å². The summed E-state index contributed by atoms with van der Waals surface area (Å²) in [6.45, 7) is 5.49. The van der Waals surface area contributed by atoms with Crippen molar-refractivity contribution in [2.24, 2.45) is 0 Å². The smallest absolute Gasteiger partial charge is 0.311 e. The molecule has 0 aliphatic rings. The summed E-state index contributed by atoms with van der Waals surface area (Å²) >= 11 is 0. The summed E-state index contributed by atoms with van der Waals surface area (Å²) in [6.07, 6.45) is 9.16. The average Bonchev–Trinajstić information content (AvgIpc) is 2.28. The summed E-state index contributed by atoms with van der Waals surface area (Å²) in [5, 5.41) is 0. The minimum Gasteiger partial charge on any atom is -0.311 e. The molecule has 0 saturated heterocycles. The molecule has 3 nitrogen and oxygen atoms in total. The van der Waals surface area contributed by atoms with Gasteiger partial charge in [0.1, 0.15) is 0 Å². The quantitative estimate of drug-likeness (QED) is 0.376. The molecule has 0 heterocycles. The molecule has 0 aromatic rings. The van der Waals surface area contributed by atoms with Gasteiger partial charge < -0.3 is 9.05 Å². The van der Waals surface area contributed by atoms with E-state index < -0.39 is 8.25 Å². The Labute approximate surface area is 101 Å². The lowest BCUT2D eigenvalue weighted by atomic mass is 10.2. The van der Waals surface area contributed by atoms with Crippen molar-refractivity contribution < 1.29 is 13.6 Å². The average molecular weight is 250 g/mol. The lowest BCUT2D eigenvalue weighted by molar-refractivity contribution is 0.218. The van der Waals surface area contributed by atoms with Crippen LogP contribution in [-0.4, -0.2) is 13.2 Å². The minimum absolute atomic E-state index is 0.576. The van der Waals surface area contributed by atoms with Gasteiger partial charge in [-0.3, -0.25) is 4.57 Å². The molecule has 0 rings (SSSR count). The molecule has 16 heavy (non-hydrogen) atoms. The highest BCUT2D eigenvalue weighted by molar-refractivity contribution is 7.33. The summed E-state index contributed by atoms with van der Waals surface area (Å²) in [5.74, 6) is 0. The van der Waals surface area contributed by atoms with Crippen molar-refractivity contribution >= 4 is 8.25 Å². The Morgan fingerprint density at radius 1 is 0.750 bits per heavy atom. The first-order valence-electron chi connectivity index (χ1n) is 6.60. The fraction of sp³-hybridized carbons (Fsp3) is 1.00. The fourth-order valence-corrected chi connectivity index (χ4v) is 2.12. The molecule has 98 valence electrons. The van der Waals surface area contributed by atoms with Crippen molar-refractivity contribution in [3.8, 4) is 0 Å². The van der Waals surface area contributed by atoms with Crippen molar-refractivity contribution in [1.82, 2.24) is 0 Å². The first-order chi connectivity index (χ1) is 7.81. The molecule has 0 N–H and O–H groups in total. The van der Waals surface area contributed by atoms with Gasteiger partial charge in [0.2, 0.25) is 0 Å². The standard InChI is InChI=1S/C12H27O3P/c1-3-5-7-9-11-14-16(13)15-12-10-8-6-4-2/h16H,3-12H2,1-2H3. The molecule has 0 atom stereocenters. The molecule has 0 radical (unpaired) electrons. The summed E-state index contributed by atoms with van der Waals surface area (Å²) < 4.78 is 21.5. The van der Waals surface area contributed by atoms with Gasteiger partial charge in [0.25, 0.3) is 0 Å². The van der Waals surface area contributed by atoms with Crippen molar-refractivity contribution in [1.29, 1.82) is 0 Å². The first kappa shape index (κ1) is 16.1. The summed E-state index contributed by atoms with van der Waals surface area (Å²) in [7, 11) is -2.21. The third kappa shape index (κ3) is 12.2. The molecule has 0 spiro atoms. The number of unbranched alkanes of at least 4 members (excludes halogenated alkanes) is 6. The van der Waals surface area contributed by atoms with E-state index in [2.05, 4.69) is 13.8 Å². The van der Waals surface area contributed by atoms with Crippen LogP contribution in [0.3, 0.4) is 0 Å². The first-order valence-corrected chi connectivity index (χ1v) is 7.83. The van der Waals surface area contributed by atoms with Crippen LogP contribution in [0.2, 0.25) is 0 Å². The van der Waals surface area contributed by atoms with E-state index in [1.165, 1.54) is 25.7 Å². The minimum atomic E-state index is -2.21. The second-order valence-electron chi connectivity index (χ2n) is 4.07. The van der Waals surface area contributed by atoms with Crippen LogP contribution in [0.5, 0.6) is 0 Å². The topological polar surface area (TPSA) is 35.5 Å². The zero-order chi connectivity index (χ0) is 12.1. The van der Waals surface area contributed by atoms with Crippen LogP contribution in [0.15, 0.2) is 0 Å². The van der Waals surface area contributed by atoms with Crippen molar-refractivity contribution in [2.45, 2.75) is 65.2 Å². The fourth-order valence-electron chi connectivity index (χ4n) is 1.41. The molecule has 0 aromatic carbocycles. The molecular weight excluding hydrogens is 223 g/mol.